The first-order valence-corrected chi connectivity index (χ1v) is 4.22. The Kier molecular flexibility index (Phi) is 2.36. The second-order valence-corrected chi connectivity index (χ2v) is 2.77. The van der Waals surface area contributed by atoms with Crippen LogP contribution >= 0.6 is 0 Å². The summed E-state index contributed by atoms with van der Waals surface area (Å²) < 4.78 is 5.35. The number of ether oxygens (including phenoxy) is 1. The van der Waals surface area contributed by atoms with Crippen LogP contribution in [0.2, 0.25) is 0 Å². The zero-order chi connectivity index (χ0) is 9.80. The van der Waals surface area contributed by atoms with Crippen molar-refractivity contribution in [1.82, 2.24) is 15.0 Å². The van der Waals surface area contributed by atoms with Crippen molar-refractivity contribution in [3.05, 3.63) is 42.5 Å². The highest BCUT2D eigenvalue weighted by atomic mass is 16.5. The molecule has 0 aromatic carbocycles. The molecule has 2 aromatic rings. The molecule has 2 heterocycles. The summed E-state index contributed by atoms with van der Waals surface area (Å²) in [5.41, 5.74) is 0.950. The first-order valence-electron chi connectivity index (χ1n) is 4.22. The zero-order valence-corrected chi connectivity index (χ0v) is 7.71. The van der Waals surface area contributed by atoms with Gasteiger partial charge in [-0.3, -0.25) is 4.98 Å². The topological polar surface area (TPSA) is 47.9 Å². The van der Waals surface area contributed by atoms with E-state index in [-0.39, 0.29) is 0 Å². The molecular weight excluding hydrogens is 178 g/mol. The Morgan fingerprint density at radius 2 is 1.86 bits per heavy atom. The Labute approximate surface area is 81.6 Å². The fraction of sp³-hybridized carbons (Fsp3) is 0.100. The lowest BCUT2D eigenvalue weighted by Gasteiger charge is -2.01. The predicted octanol–water partition coefficient (Wildman–Crippen LogP) is 1.97. The smallest absolute Gasteiger partial charge is 0.321 e. The third kappa shape index (κ3) is 2.04. The fourth-order valence-corrected chi connectivity index (χ4v) is 0.958. The van der Waals surface area contributed by atoms with Gasteiger partial charge in [0, 0.05) is 18.1 Å². The molecule has 0 spiro atoms. The van der Waals surface area contributed by atoms with Gasteiger partial charge < -0.3 is 4.74 Å². The predicted molar refractivity (Wildman–Crippen MR) is 51.1 cm³/mol. The molecule has 2 rings (SSSR count). The van der Waals surface area contributed by atoms with Gasteiger partial charge in [0.2, 0.25) is 0 Å². The molecule has 0 N–H and O–H groups in total. The van der Waals surface area contributed by atoms with Crippen LogP contribution in [0.4, 0.5) is 0 Å². The van der Waals surface area contributed by atoms with Crippen molar-refractivity contribution in [2.45, 2.75) is 6.92 Å². The average Bonchev–Trinajstić information content (AvgIpc) is 2.23. The summed E-state index contributed by atoms with van der Waals surface area (Å²) in [6, 6.07) is 5.77. The largest absolute Gasteiger partial charge is 0.423 e. The van der Waals surface area contributed by atoms with Crippen molar-refractivity contribution < 1.29 is 4.74 Å². The number of hydrogen-bond donors (Lipinski definition) is 0. The maximum absolute atomic E-state index is 5.35. The minimum Gasteiger partial charge on any atom is -0.423 e. The van der Waals surface area contributed by atoms with Gasteiger partial charge in [-0.2, -0.15) is 0 Å². The number of aryl methyl sites for hydroxylation is 1. The highest BCUT2D eigenvalue weighted by molar-refractivity contribution is 5.22. The molecule has 4 heteroatoms. The Morgan fingerprint density at radius 3 is 2.50 bits per heavy atom. The van der Waals surface area contributed by atoms with Crippen LogP contribution in [0.15, 0.2) is 36.8 Å². The number of nitrogens with zero attached hydrogens (tertiary/aromatic N) is 3. The van der Waals surface area contributed by atoms with Gasteiger partial charge in [0.1, 0.15) is 5.75 Å². The zero-order valence-electron chi connectivity index (χ0n) is 7.71. The van der Waals surface area contributed by atoms with Crippen LogP contribution in [-0.4, -0.2) is 15.0 Å². The normalized spacial score (nSPS) is 9.79. The van der Waals surface area contributed by atoms with E-state index in [1.54, 1.807) is 24.7 Å². The average molecular weight is 187 g/mol. The van der Waals surface area contributed by atoms with Crippen LogP contribution in [0.5, 0.6) is 11.8 Å². The minimum atomic E-state index is 0.332. The standard InChI is InChI=1S/C10H9N3O/c1-8-3-4-9(7-13-8)14-10-11-5-2-6-12-10/h2-7H,1H3. The molecule has 0 atom stereocenters. The summed E-state index contributed by atoms with van der Waals surface area (Å²) in [6.07, 6.45) is 4.90. The first-order chi connectivity index (χ1) is 6.84. The summed E-state index contributed by atoms with van der Waals surface area (Å²) in [5, 5.41) is 0. The van der Waals surface area contributed by atoms with Crippen LogP contribution < -0.4 is 4.74 Å². The van der Waals surface area contributed by atoms with Crippen molar-refractivity contribution in [2.24, 2.45) is 0 Å². The molecule has 70 valence electrons. The first kappa shape index (κ1) is 8.62. The van der Waals surface area contributed by atoms with E-state index in [1.807, 2.05) is 19.1 Å². The molecule has 14 heavy (non-hydrogen) atoms. The summed E-state index contributed by atoms with van der Waals surface area (Å²) >= 11 is 0. The summed E-state index contributed by atoms with van der Waals surface area (Å²) in [5.74, 6) is 0.641. The van der Waals surface area contributed by atoms with E-state index in [1.165, 1.54) is 0 Å². The summed E-state index contributed by atoms with van der Waals surface area (Å²) in [4.78, 5) is 12.0. The molecule has 0 fully saturated rings. The summed E-state index contributed by atoms with van der Waals surface area (Å²) in [6.45, 7) is 1.92. The molecule has 4 nitrogen and oxygen atoms in total. The van der Waals surface area contributed by atoms with Crippen molar-refractivity contribution in [3.63, 3.8) is 0 Å². The molecule has 0 unspecified atom stereocenters. The van der Waals surface area contributed by atoms with Gasteiger partial charge in [-0.15, -0.1) is 0 Å². The van der Waals surface area contributed by atoms with Gasteiger partial charge in [0.05, 0.1) is 6.20 Å². The Bertz CT molecular complexity index is 399. The maximum atomic E-state index is 5.35. The van der Waals surface area contributed by atoms with Crippen molar-refractivity contribution in [3.8, 4) is 11.8 Å². The lowest BCUT2D eigenvalue weighted by molar-refractivity contribution is 0.439. The minimum absolute atomic E-state index is 0.332. The second kappa shape index (κ2) is 3.83. The molecule has 0 saturated heterocycles. The van der Waals surface area contributed by atoms with Gasteiger partial charge in [-0.25, -0.2) is 9.97 Å². The lowest BCUT2D eigenvalue weighted by Crippen LogP contribution is -1.91. The second-order valence-electron chi connectivity index (χ2n) is 2.77. The summed E-state index contributed by atoms with van der Waals surface area (Å²) in [7, 11) is 0. The molecule has 0 aliphatic carbocycles. The quantitative estimate of drug-likeness (QED) is 0.721. The van der Waals surface area contributed by atoms with Crippen LogP contribution in [-0.2, 0) is 0 Å². The number of rotatable bonds is 2. The maximum Gasteiger partial charge on any atom is 0.321 e. The van der Waals surface area contributed by atoms with E-state index in [0.717, 1.165) is 5.69 Å². The van der Waals surface area contributed by atoms with E-state index in [4.69, 9.17) is 4.74 Å². The third-order valence-electron chi connectivity index (χ3n) is 1.64. The van der Waals surface area contributed by atoms with Gasteiger partial charge in [0.25, 0.3) is 0 Å². The van der Waals surface area contributed by atoms with E-state index in [0.29, 0.717) is 11.8 Å². The molecule has 0 saturated carbocycles. The van der Waals surface area contributed by atoms with E-state index < -0.39 is 0 Å². The highest BCUT2D eigenvalue weighted by Gasteiger charge is 1.97. The molecular formula is C10H9N3O. The molecule has 0 amide bonds. The van der Waals surface area contributed by atoms with Gasteiger partial charge in [-0.1, -0.05) is 0 Å². The van der Waals surface area contributed by atoms with E-state index in [2.05, 4.69) is 15.0 Å². The Hall–Kier alpha value is -1.97. The van der Waals surface area contributed by atoms with Gasteiger partial charge >= 0.3 is 6.01 Å². The molecule has 0 aliphatic heterocycles. The van der Waals surface area contributed by atoms with Crippen LogP contribution in [0.25, 0.3) is 0 Å². The monoisotopic (exact) mass is 187 g/mol. The van der Waals surface area contributed by atoms with Crippen molar-refractivity contribution in [2.75, 3.05) is 0 Å². The Morgan fingerprint density at radius 1 is 1.07 bits per heavy atom. The van der Waals surface area contributed by atoms with Crippen LogP contribution in [0.1, 0.15) is 5.69 Å². The van der Waals surface area contributed by atoms with Gasteiger partial charge in [0.15, 0.2) is 0 Å². The number of hydrogen-bond acceptors (Lipinski definition) is 4. The van der Waals surface area contributed by atoms with Gasteiger partial charge in [-0.05, 0) is 25.1 Å². The molecule has 0 aliphatic rings. The van der Waals surface area contributed by atoms with Crippen LogP contribution in [0.3, 0.4) is 0 Å². The third-order valence-corrected chi connectivity index (χ3v) is 1.64. The number of aromatic nitrogens is 3. The number of pyridine rings is 1. The fourth-order valence-electron chi connectivity index (χ4n) is 0.958. The molecule has 0 bridgehead atoms. The molecule has 0 radical (unpaired) electrons. The van der Waals surface area contributed by atoms with E-state index in [9.17, 15) is 0 Å². The van der Waals surface area contributed by atoms with Crippen molar-refractivity contribution >= 4 is 0 Å². The highest BCUT2D eigenvalue weighted by Crippen LogP contribution is 2.14. The van der Waals surface area contributed by atoms with Crippen LogP contribution in [0, 0.1) is 6.92 Å². The van der Waals surface area contributed by atoms with Crippen molar-refractivity contribution in [1.29, 1.82) is 0 Å². The lowest BCUT2D eigenvalue weighted by atomic mass is 10.4. The SMILES string of the molecule is Cc1ccc(Oc2ncccn2)cn1. The Balaban J connectivity index is 2.16. The van der Waals surface area contributed by atoms with E-state index >= 15 is 0 Å². The molecule has 2 aromatic heterocycles.